The van der Waals surface area contributed by atoms with E-state index in [9.17, 15) is 0 Å². The van der Waals surface area contributed by atoms with E-state index in [1.165, 1.54) is 0 Å². The first-order valence-corrected chi connectivity index (χ1v) is 5.34. The first-order chi connectivity index (χ1) is 8.35. The molecule has 0 amide bonds. The number of rotatable bonds is 7. The number of hydrogen-bond acceptors (Lipinski definition) is 5. The molecule has 1 saturated heterocycles. The molecule has 5 heteroatoms. The van der Waals surface area contributed by atoms with Gasteiger partial charge in [-0.2, -0.15) is 0 Å². The Bertz CT molecular complexity index is 362. The van der Waals surface area contributed by atoms with Crippen molar-refractivity contribution in [1.29, 1.82) is 0 Å². The summed E-state index contributed by atoms with van der Waals surface area (Å²) in [6.07, 6.45) is 0.191. The Morgan fingerprint density at radius 3 is 2.35 bits per heavy atom. The second-order valence-electron chi connectivity index (χ2n) is 3.63. The van der Waals surface area contributed by atoms with Crippen LogP contribution in [-0.4, -0.2) is 34.4 Å². The second kappa shape index (κ2) is 5.86. The first kappa shape index (κ1) is 12.2. The Labute approximate surface area is 100 Å². The topological polar surface area (TPSA) is 49.5 Å². The van der Waals surface area contributed by atoms with Crippen molar-refractivity contribution in [1.82, 2.24) is 0 Å². The fourth-order valence-corrected chi connectivity index (χ4v) is 1.44. The lowest BCUT2D eigenvalue weighted by Crippen LogP contribution is -2.04. The van der Waals surface area contributed by atoms with Gasteiger partial charge in [0.05, 0.1) is 6.61 Å². The zero-order chi connectivity index (χ0) is 12.1. The molecule has 0 bridgehead atoms. The van der Waals surface area contributed by atoms with Crippen LogP contribution in [-0.2, 0) is 14.2 Å². The van der Waals surface area contributed by atoms with Crippen LogP contribution in [0.25, 0.3) is 0 Å². The largest absolute Gasteiger partial charge is 0.464 e. The van der Waals surface area contributed by atoms with Gasteiger partial charge in [0.25, 0.3) is 0 Å². The first-order valence-electron chi connectivity index (χ1n) is 5.34. The maximum Gasteiger partial charge on any atom is 0.188 e. The van der Waals surface area contributed by atoms with Crippen molar-refractivity contribution in [3.8, 4) is 11.5 Å². The number of benzene rings is 1. The highest BCUT2D eigenvalue weighted by atomic mass is 16.7. The van der Waals surface area contributed by atoms with Gasteiger partial charge in [0.1, 0.15) is 6.10 Å². The maximum atomic E-state index is 5.44. The second-order valence-corrected chi connectivity index (χ2v) is 3.63. The number of epoxide rings is 1. The van der Waals surface area contributed by atoms with Gasteiger partial charge in [-0.25, -0.2) is 0 Å². The average molecular weight is 240 g/mol. The Morgan fingerprint density at radius 2 is 1.76 bits per heavy atom. The molecule has 0 spiro atoms. The van der Waals surface area contributed by atoms with Crippen molar-refractivity contribution in [3.05, 3.63) is 23.8 Å². The predicted molar refractivity (Wildman–Crippen MR) is 60.1 cm³/mol. The fourth-order valence-electron chi connectivity index (χ4n) is 1.44. The van der Waals surface area contributed by atoms with E-state index >= 15 is 0 Å². The van der Waals surface area contributed by atoms with Gasteiger partial charge < -0.3 is 23.7 Å². The summed E-state index contributed by atoms with van der Waals surface area (Å²) < 4.78 is 25.8. The molecule has 2 rings (SSSR count). The average Bonchev–Trinajstić information content (AvgIpc) is 3.18. The lowest BCUT2D eigenvalue weighted by atomic mass is 10.1. The van der Waals surface area contributed by atoms with Gasteiger partial charge in [-0.1, -0.05) is 6.07 Å². The van der Waals surface area contributed by atoms with E-state index in [0.717, 1.165) is 12.2 Å². The van der Waals surface area contributed by atoms with Gasteiger partial charge in [0.2, 0.25) is 0 Å². The van der Waals surface area contributed by atoms with Crippen LogP contribution in [0.3, 0.4) is 0 Å². The monoisotopic (exact) mass is 240 g/mol. The molecule has 0 saturated carbocycles. The molecule has 1 aromatic rings. The maximum absolute atomic E-state index is 5.44. The van der Waals surface area contributed by atoms with E-state index in [0.29, 0.717) is 11.5 Å². The van der Waals surface area contributed by atoms with E-state index in [-0.39, 0.29) is 19.7 Å². The standard InChI is InChI=1S/C12H16O5/c1-13-7-16-10-4-3-9(12-6-15-12)5-11(10)17-8-14-2/h3-5,12H,6-8H2,1-2H3/t12-/m1/s1. The zero-order valence-corrected chi connectivity index (χ0v) is 9.97. The quantitative estimate of drug-likeness (QED) is 0.536. The minimum atomic E-state index is 0.179. The normalized spacial score (nSPS) is 17.9. The van der Waals surface area contributed by atoms with E-state index in [1.807, 2.05) is 18.2 Å². The molecular formula is C12H16O5. The summed E-state index contributed by atoms with van der Waals surface area (Å²) in [6.45, 7) is 1.13. The van der Waals surface area contributed by atoms with E-state index in [1.54, 1.807) is 14.2 Å². The molecule has 0 N–H and O–H groups in total. The molecule has 0 aliphatic carbocycles. The summed E-state index contributed by atoms with van der Waals surface area (Å²) in [5.41, 5.74) is 1.08. The van der Waals surface area contributed by atoms with Gasteiger partial charge in [-0.05, 0) is 17.7 Å². The fraction of sp³-hybridized carbons (Fsp3) is 0.500. The van der Waals surface area contributed by atoms with Crippen LogP contribution in [0.2, 0.25) is 0 Å². The number of ether oxygens (including phenoxy) is 5. The predicted octanol–water partition coefficient (Wildman–Crippen LogP) is 1.72. The third kappa shape index (κ3) is 3.33. The van der Waals surface area contributed by atoms with Gasteiger partial charge in [0.15, 0.2) is 25.1 Å². The Balaban J connectivity index is 2.11. The zero-order valence-electron chi connectivity index (χ0n) is 9.97. The summed E-state index contributed by atoms with van der Waals surface area (Å²) in [7, 11) is 3.14. The van der Waals surface area contributed by atoms with Gasteiger partial charge in [-0.3, -0.25) is 0 Å². The molecular weight excluding hydrogens is 224 g/mol. The van der Waals surface area contributed by atoms with Crippen LogP contribution in [0.15, 0.2) is 18.2 Å². The Morgan fingerprint density at radius 1 is 1.12 bits per heavy atom. The van der Waals surface area contributed by atoms with E-state index < -0.39 is 0 Å². The van der Waals surface area contributed by atoms with Crippen LogP contribution in [0.1, 0.15) is 11.7 Å². The smallest absolute Gasteiger partial charge is 0.188 e. The molecule has 1 heterocycles. The highest BCUT2D eigenvalue weighted by Gasteiger charge is 2.25. The highest BCUT2D eigenvalue weighted by molar-refractivity contribution is 5.44. The molecule has 1 aromatic carbocycles. The van der Waals surface area contributed by atoms with Crippen molar-refractivity contribution in [2.75, 3.05) is 34.4 Å². The minimum absolute atomic E-state index is 0.179. The van der Waals surface area contributed by atoms with Crippen molar-refractivity contribution < 1.29 is 23.7 Å². The van der Waals surface area contributed by atoms with Gasteiger partial charge in [-0.15, -0.1) is 0 Å². The van der Waals surface area contributed by atoms with Gasteiger partial charge in [0, 0.05) is 14.2 Å². The summed E-state index contributed by atoms with van der Waals surface area (Å²) in [5, 5.41) is 0. The van der Waals surface area contributed by atoms with Crippen LogP contribution in [0.4, 0.5) is 0 Å². The summed E-state index contributed by atoms with van der Waals surface area (Å²) >= 11 is 0. The van der Waals surface area contributed by atoms with Crippen molar-refractivity contribution in [2.24, 2.45) is 0 Å². The third-order valence-electron chi connectivity index (χ3n) is 2.34. The molecule has 17 heavy (non-hydrogen) atoms. The molecule has 1 atom stereocenters. The lowest BCUT2D eigenvalue weighted by molar-refractivity contribution is 0.0322. The van der Waals surface area contributed by atoms with Crippen LogP contribution >= 0.6 is 0 Å². The molecule has 0 unspecified atom stereocenters. The third-order valence-corrected chi connectivity index (χ3v) is 2.34. The van der Waals surface area contributed by atoms with Gasteiger partial charge >= 0.3 is 0 Å². The lowest BCUT2D eigenvalue weighted by Gasteiger charge is -2.12. The van der Waals surface area contributed by atoms with E-state index in [4.69, 9.17) is 23.7 Å². The molecule has 94 valence electrons. The number of hydrogen-bond donors (Lipinski definition) is 0. The molecule has 5 nitrogen and oxygen atoms in total. The molecule has 0 aromatic heterocycles. The van der Waals surface area contributed by atoms with Crippen molar-refractivity contribution in [2.45, 2.75) is 6.10 Å². The SMILES string of the molecule is COCOc1ccc([C@H]2CO2)cc1OCOC. The van der Waals surface area contributed by atoms with Crippen molar-refractivity contribution >= 4 is 0 Å². The van der Waals surface area contributed by atoms with Crippen LogP contribution < -0.4 is 9.47 Å². The van der Waals surface area contributed by atoms with E-state index in [2.05, 4.69) is 0 Å². The summed E-state index contributed by atoms with van der Waals surface area (Å²) in [4.78, 5) is 0. The molecule has 0 radical (unpaired) electrons. The molecule has 1 fully saturated rings. The Hall–Kier alpha value is -1.30. The summed E-state index contributed by atoms with van der Waals surface area (Å²) in [5.74, 6) is 1.27. The highest BCUT2D eigenvalue weighted by Crippen LogP contribution is 2.36. The minimum Gasteiger partial charge on any atom is -0.464 e. The number of methoxy groups -OCH3 is 2. The molecule has 1 aliphatic heterocycles. The summed E-state index contributed by atoms with van der Waals surface area (Å²) in [6, 6.07) is 5.71. The van der Waals surface area contributed by atoms with Crippen LogP contribution in [0, 0.1) is 0 Å². The van der Waals surface area contributed by atoms with Crippen molar-refractivity contribution in [3.63, 3.8) is 0 Å². The van der Waals surface area contributed by atoms with Crippen LogP contribution in [0.5, 0.6) is 11.5 Å². The molecule has 1 aliphatic rings. The Kier molecular flexibility index (Phi) is 4.19.